The molecule has 0 aliphatic carbocycles. The number of rotatable bonds is 6. The molecule has 5 nitrogen and oxygen atoms in total. The summed E-state index contributed by atoms with van der Waals surface area (Å²) in [5.41, 5.74) is 2.40. The van der Waals surface area contributed by atoms with Crippen LogP contribution in [0.5, 0.6) is 5.75 Å². The summed E-state index contributed by atoms with van der Waals surface area (Å²) in [6.07, 6.45) is -0.679. The number of hydrogen-bond donors (Lipinski definition) is 1. The lowest BCUT2D eigenvalue weighted by atomic mass is 10.1. The van der Waals surface area contributed by atoms with Crippen LogP contribution in [0.1, 0.15) is 6.92 Å². The number of nitrogens with one attached hydrogen (secondary N) is 1. The second kappa shape index (κ2) is 8.84. The average molecular weight is 418 g/mol. The Morgan fingerprint density at radius 2 is 1.67 bits per heavy atom. The van der Waals surface area contributed by atoms with Gasteiger partial charge in [-0.1, -0.05) is 60.1 Å². The molecule has 6 heteroatoms. The Hall–Kier alpha value is -3.57. The van der Waals surface area contributed by atoms with Crippen molar-refractivity contribution in [2.45, 2.75) is 13.0 Å². The van der Waals surface area contributed by atoms with Crippen LogP contribution in [0.3, 0.4) is 0 Å². The third-order valence-corrected chi connectivity index (χ3v) is 4.74. The topological polar surface area (TPSA) is 56.1 Å². The molecule has 1 unspecified atom stereocenters. The minimum Gasteiger partial charge on any atom is -0.481 e. The summed E-state index contributed by atoms with van der Waals surface area (Å²) >= 11 is 6.14. The zero-order valence-corrected chi connectivity index (χ0v) is 17.1. The van der Waals surface area contributed by atoms with Crippen molar-refractivity contribution >= 4 is 23.3 Å². The fraction of sp³-hybridized carbons (Fsp3) is 0.0833. The molecule has 0 aliphatic rings. The first-order chi connectivity index (χ1) is 14.6. The van der Waals surface area contributed by atoms with Crippen LogP contribution in [0.2, 0.25) is 5.02 Å². The molecule has 1 N–H and O–H groups in total. The van der Waals surface area contributed by atoms with E-state index < -0.39 is 6.10 Å². The van der Waals surface area contributed by atoms with Crippen LogP contribution in [0.25, 0.3) is 16.9 Å². The second-order valence-electron chi connectivity index (χ2n) is 6.73. The number of halogens is 1. The van der Waals surface area contributed by atoms with Crippen LogP contribution in [0, 0.1) is 0 Å². The highest BCUT2D eigenvalue weighted by atomic mass is 35.5. The van der Waals surface area contributed by atoms with Crippen molar-refractivity contribution in [2.24, 2.45) is 0 Å². The van der Waals surface area contributed by atoms with Crippen LogP contribution in [0.15, 0.2) is 91.0 Å². The number of aromatic nitrogens is 2. The van der Waals surface area contributed by atoms with Gasteiger partial charge in [0.2, 0.25) is 0 Å². The highest BCUT2D eigenvalue weighted by molar-refractivity contribution is 6.30. The van der Waals surface area contributed by atoms with Crippen molar-refractivity contribution in [1.29, 1.82) is 0 Å². The molecule has 1 amide bonds. The van der Waals surface area contributed by atoms with Gasteiger partial charge in [-0.05, 0) is 43.3 Å². The Morgan fingerprint density at radius 3 is 2.37 bits per heavy atom. The normalized spacial score (nSPS) is 11.7. The van der Waals surface area contributed by atoms with E-state index in [1.165, 1.54) is 0 Å². The summed E-state index contributed by atoms with van der Waals surface area (Å²) in [7, 11) is 0. The number of carbonyl (C=O) groups excluding carboxylic acids is 1. The van der Waals surface area contributed by atoms with Crippen LogP contribution >= 0.6 is 11.6 Å². The van der Waals surface area contributed by atoms with Crippen molar-refractivity contribution in [2.75, 3.05) is 5.32 Å². The molecule has 0 spiro atoms. The van der Waals surface area contributed by atoms with Crippen molar-refractivity contribution in [1.82, 2.24) is 9.78 Å². The minimum absolute atomic E-state index is 0.270. The van der Waals surface area contributed by atoms with Gasteiger partial charge >= 0.3 is 0 Å². The van der Waals surface area contributed by atoms with Crippen molar-refractivity contribution in [3.8, 4) is 22.7 Å². The second-order valence-corrected chi connectivity index (χ2v) is 7.17. The fourth-order valence-electron chi connectivity index (χ4n) is 3.01. The number of nitrogens with zero attached hydrogens (tertiary/aromatic N) is 2. The fourth-order valence-corrected chi connectivity index (χ4v) is 3.20. The molecule has 1 heterocycles. The van der Waals surface area contributed by atoms with Gasteiger partial charge < -0.3 is 10.1 Å². The van der Waals surface area contributed by atoms with Gasteiger partial charge in [-0.15, -0.1) is 0 Å². The molecule has 0 radical (unpaired) electrons. The van der Waals surface area contributed by atoms with E-state index in [1.807, 2.05) is 91.0 Å². The van der Waals surface area contributed by atoms with E-state index >= 15 is 0 Å². The van der Waals surface area contributed by atoms with E-state index in [-0.39, 0.29) is 5.91 Å². The first-order valence-corrected chi connectivity index (χ1v) is 9.92. The summed E-state index contributed by atoms with van der Waals surface area (Å²) in [5.74, 6) is 0.912. The Balaban J connectivity index is 1.63. The van der Waals surface area contributed by atoms with Gasteiger partial charge in [-0.3, -0.25) is 4.79 Å². The first kappa shape index (κ1) is 19.7. The lowest BCUT2D eigenvalue weighted by molar-refractivity contribution is -0.122. The third kappa shape index (κ3) is 4.53. The molecule has 0 aliphatic heterocycles. The van der Waals surface area contributed by atoms with Crippen LogP contribution in [-0.2, 0) is 4.79 Å². The first-order valence-electron chi connectivity index (χ1n) is 9.54. The highest BCUT2D eigenvalue weighted by Gasteiger charge is 2.19. The third-order valence-electron chi connectivity index (χ3n) is 4.51. The Kier molecular flexibility index (Phi) is 5.82. The maximum Gasteiger partial charge on any atom is 0.266 e. The van der Waals surface area contributed by atoms with Gasteiger partial charge in [0.1, 0.15) is 11.6 Å². The maximum atomic E-state index is 12.8. The van der Waals surface area contributed by atoms with E-state index in [0.717, 1.165) is 11.3 Å². The molecule has 3 aromatic carbocycles. The lowest BCUT2D eigenvalue weighted by Crippen LogP contribution is -2.30. The zero-order valence-electron chi connectivity index (χ0n) is 16.3. The van der Waals surface area contributed by atoms with E-state index in [0.29, 0.717) is 22.3 Å². The number of para-hydroxylation sites is 2. The maximum absolute atomic E-state index is 12.8. The minimum atomic E-state index is -0.679. The number of anilines is 1. The lowest BCUT2D eigenvalue weighted by Gasteiger charge is -2.15. The van der Waals surface area contributed by atoms with Crippen LogP contribution in [0.4, 0.5) is 5.82 Å². The van der Waals surface area contributed by atoms with Gasteiger partial charge in [0, 0.05) is 16.7 Å². The number of benzene rings is 3. The molecule has 0 bridgehead atoms. The zero-order chi connectivity index (χ0) is 20.9. The molecular weight excluding hydrogens is 398 g/mol. The van der Waals surface area contributed by atoms with Gasteiger partial charge in [-0.2, -0.15) is 5.10 Å². The van der Waals surface area contributed by atoms with Gasteiger partial charge in [-0.25, -0.2) is 4.68 Å². The van der Waals surface area contributed by atoms with E-state index in [9.17, 15) is 4.79 Å². The molecule has 0 fully saturated rings. The molecule has 0 saturated carbocycles. The van der Waals surface area contributed by atoms with Crippen molar-refractivity contribution in [3.05, 3.63) is 96.0 Å². The van der Waals surface area contributed by atoms with E-state index in [2.05, 4.69) is 5.32 Å². The van der Waals surface area contributed by atoms with Gasteiger partial charge in [0.25, 0.3) is 5.91 Å². The summed E-state index contributed by atoms with van der Waals surface area (Å²) < 4.78 is 7.44. The summed E-state index contributed by atoms with van der Waals surface area (Å²) in [4.78, 5) is 12.8. The Bertz CT molecular complexity index is 1140. The van der Waals surface area contributed by atoms with E-state index in [1.54, 1.807) is 11.6 Å². The number of ether oxygens (including phenoxy) is 1. The average Bonchev–Trinajstić information content (AvgIpc) is 3.19. The highest BCUT2D eigenvalue weighted by Crippen LogP contribution is 2.27. The molecule has 4 rings (SSSR count). The van der Waals surface area contributed by atoms with Crippen molar-refractivity contribution in [3.63, 3.8) is 0 Å². The summed E-state index contributed by atoms with van der Waals surface area (Å²) in [6.45, 7) is 1.71. The quantitative estimate of drug-likeness (QED) is 0.444. The summed E-state index contributed by atoms with van der Waals surface area (Å²) in [5, 5.41) is 8.25. The van der Waals surface area contributed by atoms with Crippen LogP contribution < -0.4 is 10.1 Å². The van der Waals surface area contributed by atoms with E-state index in [4.69, 9.17) is 21.4 Å². The Morgan fingerprint density at radius 1 is 0.967 bits per heavy atom. The molecule has 150 valence electrons. The van der Waals surface area contributed by atoms with Gasteiger partial charge in [0.15, 0.2) is 6.10 Å². The largest absolute Gasteiger partial charge is 0.481 e. The van der Waals surface area contributed by atoms with Gasteiger partial charge in [0.05, 0.1) is 11.4 Å². The molecule has 4 aromatic rings. The number of hydrogen-bond acceptors (Lipinski definition) is 3. The molecule has 30 heavy (non-hydrogen) atoms. The summed E-state index contributed by atoms with van der Waals surface area (Å²) in [6, 6.07) is 28.1. The molecule has 1 atom stereocenters. The van der Waals surface area contributed by atoms with Crippen LogP contribution in [-0.4, -0.2) is 21.8 Å². The number of carbonyl (C=O) groups is 1. The molecule has 0 saturated heterocycles. The molecular formula is C24H20ClN3O2. The van der Waals surface area contributed by atoms with Crippen molar-refractivity contribution < 1.29 is 9.53 Å². The number of amides is 1. The smallest absolute Gasteiger partial charge is 0.266 e. The SMILES string of the molecule is CC(Oc1ccccc1)C(=O)Nc1cc(-c2cccc(Cl)c2)nn1-c1ccccc1. The molecule has 1 aromatic heterocycles. The Labute approximate surface area is 179 Å². The standard InChI is InChI=1S/C24H20ClN3O2/c1-17(30-21-13-6-3-7-14-21)24(29)26-23-16-22(18-9-8-10-19(25)15-18)27-28(23)20-11-4-2-5-12-20/h2-17H,1H3,(H,26,29). The predicted octanol–water partition coefficient (Wildman–Crippen LogP) is 5.60. The monoisotopic (exact) mass is 417 g/mol. The predicted molar refractivity (Wildman–Crippen MR) is 119 cm³/mol.